The molecule has 11 N–H and O–H groups in total. The third-order valence-electron chi connectivity index (χ3n) is 7.14. The SMILES string of the molecule is CSCC[C@H](NC(=O)C1CCCN1C(=O)[C@H](CO)NC(=O)[C@H](C)N)C(=O)N[C@@H](Cc1ccc(O)cc1)C(=O)N[C@@H](CO)C(N)=O. The van der Waals surface area contributed by atoms with Crippen LogP contribution in [-0.4, -0.2) is 124 Å². The molecule has 0 aromatic heterocycles. The number of rotatable bonds is 17. The second-order valence-corrected chi connectivity index (χ2v) is 11.6. The van der Waals surface area contributed by atoms with Crippen molar-refractivity contribution in [1.82, 2.24) is 26.2 Å². The first kappa shape index (κ1) is 37.3. The van der Waals surface area contributed by atoms with Gasteiger partial charge in [-0.15, -0.1) is 0 Å². The minimum atomic E-state index is -1.41. The zero-order chi connectivity index (χ0) is 33.7. The van der Waals surface area contributed by atoms with Crippen molar-refractivity contribution in [2.75, 3.05) is 31.8 Å². The number of amides is 6. The van der Waals surface area contributed by atoms with Gasteiger partial charge in [0.2, 0.25) is 35.4 Å². The number of hydrogen-bond acceptors (Lipinski definition) is 11. The quantitative estimate of drug-likeness (QED) is 0.0794. The highest BCUT2D eigenvalue weighted by atomic mass is 32.2. The van der Waals surface area contributed by atoms with E-state index in [0.29, 0.717) is 17.7 Å². The summed E-state index contributed by atoms with van der Waals surface area (Å²) in [6, 6.07) is -1.17. The number of phenolic OH excluding ortho intramolecular Hbond substituents is 1. The van der Waals surface area contributed by atoms with E-state index in [1.807, 2.05) is 0 Å². The number of carbonyl (C=O) groups is 6. The van der Waals surface area contributed by atoms with Crippen molar-refractivity contribution in [3.63, 3.8) is 0 Å². The fourth-order valence-corrected chi connectivity index (χ4v) is 5.06. The molecule has 250 valence electrons. The van der Waals surface area contributed by atoms with Crippen LogP contribution in [0.5, 0.6) is 5.75 Å². The zero-order valence-corrected chi connectivity index (χ0v) is 26.0. The Morgan fingerprint density at radius 2 is 1.49 bits per heavy atom. The summed E-state index contributed by atoms with van der Waals surface area (Å²) >= 11 is 1.41. The Balaban J connectivity index is 2.24. The summed E-state index contributed by atoms with van der Waals surface area (Å²) in [6.45, 7) is 0.125. The lowest BCUT2D eigenvalue weighted by Gasteiger charge is -2.30. The number of benzene rings is 1. The van der Waals surface area contributed by atoms with E-state index in [1.165, 1.54) is 47.9 Å². The molecule has 1 heterocycles. The molecule has 0 spiro atoms. The van der Waals surface area contributed by atoms with Gasteiger partial charge in [0.05, 0.1) is 19.3 Å². The van der Waals surface area contributed by atoms with Crippen LogP contribution in [0.25, 0.3) is 0 Å². The maximum atomic E-state index is 13.5. The van der Waals surface area contributed by atoms with Crippen LogP contribution in [0.1, 0.15) is 31.7 Å². The molecular formula is C28H43N7O9S. The molecule has 0 bridgehead atoms. The lowest BCUT2D eigenvalue weighted by atomic mass is 10.0. The summed E-state index contributed by atoms with van der Waals surface area (Å²) in [5.41, 5.74) is 11.3. The molecule has 6 amide bonds. The van der Waals surface area contributed by atoms with Crippen LogP contribution in [0, 0.1) is 0 Å². The van der Waals surface area contributed by atoms with Crippen LogP contribution in [0.15, 0.2) is 24.3 Å². The molecule has 1 fully saturated rings. The van der Waals surface area contributed by atoms with Crippen molar-refractivity contribution in [2.45, 2.75) is 68.9 Å². The molecule has 0 aliphatic carbocycles. The van der Waals surface area contributed by atoms with Crippen LogP contribution in [0.4, 0.5) is 0 Å². The number of hydrogen-bond donors (Lipinski definition) is 9. The largest absolute Gasteiger partial charge is 0.508 e. The van der Waals surface area contributed by atoms with Crippen molar-refractivity contribution < 1.29 is 44.1 Å². The number of phenols is 1. The average molecular weight is 654 g/mol. The van der Waals surface area contributed by atoms with Gasteiger partial charge in [0, 0.05) is 13.0 Å². The second kappa shape index (κ2) is 18.1. The molecule has 1 aliphatic rings. The first-order valence-corrected chi connectivity index (χ1v) is 15.8. The Morgan fingerprint density at radius 3 is 2.04 bits per heavy atom. The highest BCUT2D eigenvalue weighted by Crippen LogP contribution is 2.19. The topological polar surface area (TPSA) is 267 Å². The lowest BCUT2D eigenvalue weighted by molar-refractivity contribution is -0.143. The molecule has 1 saturated heterocycles. The number of nitrogens with zero attached hydrogens (tertiary/aromatic N) is 1. The highest BCUT2D eigenvalue weighted by Gasteiger charge is 2.39. The Bertz CT molecular complexity index is 1200. The van der Waals surface area contributed by atoms with Crippen molar-refractivity contribution in [1.29, 1.82) is 0 Å². The fraction of sp³-hybridized carbons (Fsp3) is 0.571. The monoisotopic (exact) mass is 653 g/mol. The van der Waals surface area contributed by atoms with E-state index in [-0.39, 0.29) is 31.6 Å². The summed E-state index contributed by atoms with van der Waals surface area (Å²) in [5.74, 6) is -4.04. The van der Waals surface area contributed by atoms with E-state index in [2.05, 4.69) is 21.3 Å². The molecular weight excluding hydrogens is 610 g/mol. The number of carbonyl (C=O) groups excluding carboxylic acids is 6. The van der Waals surface area contributed by atoms with Gasteiger partial charge >= 0.3 is 0 Å². The first-order chi connectivity index (χ1) is 21.3. The van der Waals surface area contributed by atoms with Gasteiger partial charge in [0.1, 0.15) is 36.0 Å². The van der Waals surface area contributed by atoms with Crippen LogP contribution < -0.4 is 32.7 Å². The maximum absolute atomic E-state index is 13.5. The summed E-state index contributed by atoms with van der Waals surface area (Å²) < 4.78 is 0. The third-order valence-corrected chi connectivity index (χ3v) is 7.79. The van der Waals surface area contributed by atoms with Crippen molar-refractivity contribution >= 4 is 47.2 Å². The van der Waals surface area contributed by atoms with Gasteiger partial charge in [-0.25, -0.2) is 0 Å². The van der Waals surface area contributed by atoms with Gasteiger partial charge in [-0.1, -0.05) is 12.1 Å². The smallest absolute Gasteiger partial charge is 0.248 e. The summed E-state index contributed by atoms with van der Waals surface area (Å²) in [5, 5.41) is 38.7. The van der Waals surface area contributed by atoms with Gasteiger partial charge in [-0.2, -0.15) is 11.8 Å². The third kappa shape index (κ3) is 11.2. The molecule has 1 aliphatic heterocycles. The predicted molar refractivity (Wildman–Crippen MR) is 164 cm³/mol. The van der Waals surface area contributed by atoms with E-state index in [9.17, 15) is 44.1 Å². The summed E-state index contributed by atoms with van der Waals surface area (Å²) in [7, 11) is 0. The number of aliphatic hydroxyl groups excluding tert-OH is 2. The highest BCUT2D eigenvalue weighted by molar-refractivity contribution is 7.98. The van der Waals surface area contributed by atoms with Gasteiger partial charge in [0.15, 0.2) is 0 Å². The minimum absolute atomic E-state index is 0.0150. The van der Waals surface area contributed by atoms with E-state index in [0.717, 1.165) is 0 Å². The molecule has 16 nitrogen and oxygen atoms in total. The first-order valence-electron chi connectivity index (χ1n) is 14.4. The molecule has 1 aromatic carbocycles. The predicted octanol–water partition coefficient (Wildman–Crippen LogP) is -3.56. The van der Waals surface area contributed by atoms with Crippen LogP contribution in [0.3, 0.4) is 0 Å². The number of nitrogens with one attached hydrogen (secondary N) is 4. The van der Waals surface area contributed by atoms with E-state index in [1.54, 1.807) is 6.26 Å². The van der Waals surface area contributed by atoms with Gasteiger partial charge in [-0.3, -0.25) is 28.8 Å². The zero-order valence-electron chi connectivity index (χ0n) is 25.2. The van der Waals surface area contributed by atoms with E-state index < -0.39 is 84.9 Å². The standard InChI is InChI=1S/C28H43N7O9S/c1-15(29)24(40)34-21(14-37)28(44)35-10-3-4-22(35)27(43)31-18(9-11-45-2)25(41)32-19(12-16-5-7-17(38)8-6-16)26(42)33-20(13-36)23(30)39/h5-8,15,18-22,36-38H,3-4,9-14,29H2,1-2H3,(H2,30,39)(H,31,43)(H,32,41)(H,33,42)(H,34,40)/t15-,18-,19-,20-,21-,22?/m0/s1. The number of aromatic hydroxyl groups is 1. The number of primary amides is 1. The van der Waals surface area contributed by atoms with Crippen molar-refractivity contribution in [3.05, 3.63) is 29.8 Å². The summed E-state index contributed by atoms with van der Waals surface area (Å²) in [6.07, 6.45) is 2.64. The second-order valence-electron chi connectivity index (χ2n) is 10.6. The van der Waals surface area contributed by atoms with Crippen molar-refractivity contribution in [2.24, 2.45) is 11.5 Å². The van der Waals surface area contributed by atoms with E-state index >= 15 is 0 Å². The lowest BCUT2D eigenvalue weighted by Crippen LogP contribution is -2.60. The van der Waals surface area contributed by atoms with Crippen LogP contribution in [0.2, 0.25) is 0 Å². The number of likely N-dealkylation sites (tertiary alicyclic amines) is 1. The molecule has 17 heteroatoms. The van der Waals surface area contributed by atoms with Crippen LogP contribution >= 0.6 is 11.8 Å². The fourth-order valence-electron chi connectivity index (χ4n) is 4.59. The Morgan fingerprint density at radius 1 is 0.911 bits per heavy atom. The maximum Gasteiger partial charge on any atom is 0.248 e. The molecule has 1 unspecified atom stereocenters. The molecule has 0 saturated carbocycles. The summed E-state index contributed by atoms with van der Waals surface area (Å²) in [4.78, 5) is 78.1. The van der Waals surface area contributed by atoms with Crippen LogP contribution in [-0.2, 0) is 35.2 Å². The van der Waals surface area contributed by atoms with Gasteiger partial charge in [-0.05, 0) is 55.9 Å². The Kier molecular flexibility index (Phi) is 15.0. The van der Waals surface area contributed by atoms with Gasteiger partial charge in [0.25, 0.3) is 0 Å². The van der Waals surface area contributed by atoms with E-state index in [4.69, 9.17) is 11.5 Å². The number of aliphatic hydroxyl groups is 2. The molecule has 45 heavy (non-hydrogen) atoms. The molecule has 1 aromatic rings. The Hall–Kier alpha value is -3.93. The molecule has 2 rings (SSSR count). The number of nitrogens with two attached hydrogens (primary N) is 2. The number of thioether (sulfide) groups is 1. The Labute approximate surface area is 265 Å². The molecule has 6 atom stereocenters. The van der Waals surface area contributed by atoms with Crippen molar-refractivity contribution in [3.8, 4) is 5.75 Å². The minimum Gasteiger partial charge on any atom is -0.508 e. The normalized spacial score (nSPS) is 17.7. The molecule has 0 radical (unpaired) electrons. The van der Waals surface area contributed by atoms with Gasteiger partial charge < -0.3 is 53.0 Å². The average Bonchev–Trinajstić information content (AvgIpc) is 3.50.